The number of hydrogen-bond acceptors (Lipinski definition) is 4. The number of ether oxygens (including phenoxy) is 3. The number of methoxy groups -OCH3 is 2. The largest absolute Gasteiger partial charge is 0.497 e. The average Bonchev–Trinajstić information content (AvgIpc) is 2.59. The van der Waals surface area contributed by atoms with E-state index in [0.29, 0.717) is 28.0 Å². The summed E-state index contributed by atoms with van der Waals surface area (Å²) in [4.78, 5) is 12.4. The van der Waals surface area contributed by atoms with E-state index in [1.54, 1.807) is 32.2 Å². The Balaban J connectivity index is 2.10. The van der Waals surface area contributed by atoms with Crippen LogP contribution in [0.25, 0.3) is 0 Å². The van der Waals surface area contributed by atoms with Gasteiger partial charge < -0.3 is 19.5 Å². The number of halogens is 1. The minimum Gasteiger partial charge on any atom is -0.497 e. The molecule has 1 atom stereocenters. The van der Waals surface area contributed by atoms with Gasteiger partial charge in [0, 0.05) is 11.1 Å². The normalized spacial score (nSPS) is 11.6. The lowest BCUT2D eigenvalue weighted by molar-refractivity contribution is -0.122. The zero-order valence-corrected chi connectivity index (χ0v) is 15.7. The summed E-state index contributed by atoms with van der Waals surface area (Å²) in [6.07, 6.45) is -0.688. The number of carbonyl (C=O) groups excluding carboxylic acids is 1. The fraction of sp³-hybridized carbons (Fsp3) is 0.316. The second-order valence-corrected chi connectivity index (χ2v) is 6.06. The molecule has 2 aromatic carbocycles. The van der Waals surface area contributed by atoms with E-state index in [2.05, 4.69) is 5.32 Å². The van der Waals surface area contributed by atoms with Crippen LogP contribution in [-0.2, 0) is 4.79 Å². The van der Waals surface area contributed by atoms with E-state index in [-0.39, 0.29) is 5.91 Å². The average molecular weight is 364 g/mol. The van der Waals surface area contributed by atoms with Gasteiger partial charge in [-0.05, 0) is 56.2 Å². The first-order valence-electron chi connectivity index (χ1n) is 7.82. The summed E-state index contributed by atoms with van der Waals surface area (Å²) >= 11 is 6.16. The van der Waals surface area contributed by atoms with Crippen molar-refractivity contribution >= 4 is 23.2 Å². The highest BCUT2D eigenvalue weighted by molar-refractivity contribution is 6.32. The van der Waals surface area contributed by atoms with Crippen LogP contribution >= 0.6 is 11.6 Å². The van der Waals surface area contributed by atoms with Gasteiger partial charge in [-0.1, -0.05) is 11.6 Å². The number of nitrogens with one attached hydrogen (secondary N) is 1. The van der Waals surface area contributed by atoms with Crippen molar-refractivity contribution in [3.8, 4) is 17.2 Å². The number of rotatable bonds is 6. The Morgan fingerprint density at radius 1 is 1.04 bits per heavy atom. The molecule has 0 spiro atoms. The molecule has 6 heteroatoms. The third-order valence-electron chi connectivity index (χ3n) is 3.76. The Morgan fingerprint density at radius 2 is 1.68 bits per heavy atom. The van der Waals surface area contributed by atoms with E-state index in [1.165, 1.54) is 7.11 Å². The molecular weight excluding hydrogens is 342 g/mol. The molecule has 5 nitrogen and oxygen atoms in total. The molecule has 1 amide bonds. The van der Waals surface area contributed by atoms with Gasteiger partial charge in [-0.15, -0.1) is 0 Å². The number of anilines is 1. The van der Waals surface area contributed by atoms with Crippen LogP contribution in [0.4, 0.5) is 5.69 Å². The maximum absolute atomic E-state index is 12.4. The summed E-state index contributed by atoms with van der Waals surface area (Å²) in [6.45, 7) is 5.48. The van der Waals surface area contributed by atoms with Crippen molar-refractivity contribution in [2.75, 3.05) is 19.5 Å². The van der Waals surface area contributed by atoms with Gasteiger partial charge in [0.25, 0.3) is 5.91 Å². The van der Waals surface area contributed by atoms with Crippen molar-refractivity contribution in [1.29, 1.82) is 0 Å². The fourth-order valence-electron chi connectivity index (χ4n) is 2.37. The summed E-state index contributed by atoms with van der Waals surface area (Å²) in [5.74, 6) is 1.47. The first-order valence-corrected chi connectivity index (χ1v) is 8.19. The lowest BCUT2D eigenvalue weighted by atomic mass is 10.1. The van der Waals surface area contributed by atoms with Crippen LogP contribution < -0.4 is 19.5 Å². The highest BCUT2D eigenvalue weighted by Crippen LogP contribution is 2.30. The minimum atomic E-state index is -0.688. The van der Waals surface area contributed by atoms with Gasteiger partial charge >= 0.3 is 0 Å². The standard InChI is InChI=1S/C19H22ClNO4/c1-11-8-15(9-12(2)18(11)20)25-13(3)19(22)21-16-7-6-14(23-4)10-17(16)24-5/h6-10,13H,1-5H3,(H,21,22). The number of aryl methyl sites for hydroxylation is 2. The highest BCUT2D eigenvalue weighted by Gasteiger charge is 2.18. The fourth-order valence-corrected chi connectivity index (χ4v) is 2.48. The predicted molar refractivity (Wildman–Crippen MR) is 99.2 cm³/mol. The topological polar surface area (TPSA) is 56.8 Å². The summed E-state index contributed by atoms with van der Waals surface area (Å²) in [5.41, 5.74) is 2.36. The van der Waals surface area contributed by atoms with Crippen LogP contribution in [0.5, 0.6) is 17.2 Å². The van der Waals surface area contributed by atoms with Crippen molar-refractivity contribution in [2.24, 2.45) is 0 Å². The van der Waals surface area contributed by atoms with E-state index in [1.807, 2.05) is 26.0 Å². The molecule has 0 aliphatic rings. The first-order chi connectivity index (χ1) is 11.8. The maximum atomic E-state index is 12.4. The molecule has 0 heterocycles. The first kappa shape index (κ1) is 18.9. The molecule has 0 radical (unpaired) electrons. The lowest BCUT2D eigenvalue weighted by Gasteiger charge is -2.17. The third kappa shape index (κ3) is 4.57. The molecule has 2 aromatic rings. The van der Waals surface area contributed by atoms with Gasteiger partial charge in [-0.2, -0.15) is 0 Å². The van der Waals surface area contributed by atoms with E-state index >= 15 is 0 Å². The lowest BCUT2D eigenvalue weighted by Crippen LogP contribution is -2.30. The Morgan fingerprint density at radius 3 is 2.24 bits per heavy atom. The van der Waals surface area contributed by atoms with Crippen LogP contribution in [0.1, 0.15) is 18.1 Å². The summed E-state index contributed by atoms with van der Waals surface area (Å²) in [6, 6.07) is 8.79. The van der Waals surface area contributed by atoms with Crippen molar-refractivity contribution in [1.82, 2.24) is 0 Å². The zero-order valence-electron chi connectivity index (χ0n) is 15.0. The zero-order chi connectivity index (χ0) is 18.6. The van der Waals surface area contributed by atoms with Crippen molar-refractivity contribution < 1.29 is 19.0 Å². The van der Waals surface area contributed by atoms with Crippen molar-refractivity contribution in [3.05, 3.63) is 46.5 Å². The molecule has 1 N–H and O–H groups in total. The van der Waals surface area contributed by atoms with Crippen molar-refractivity contribution in [3.63, 3.8) is 0 Å². The molecular formula is C19H22ClNO4. The monoisotopic (exact) mass is 363 g/mol. The van der Waals surface area contributed by atoms with E-state index in [9.17, 15) is 4.79 Å². The molecule has 0 bridgehead atoms. The maximum Gasteiger partial charge on any atom is 0.265 e. The Labute approximate surface area is 152 Å². The SMILES string of the molecule is COc1ccc(NC(=O)C(C)Oc2cc(C)c(Cl)c(C)c2)c(OC)c1. The third-order valence-corrected chi connectivity index (χ3v) is 4.35. The molecule has 0 aliphatic heterocycles. The Bertz CT molecular complexity index is 753. The van der Waals surface area contributed by atoms with Crippen LogP contribution in [0.3, 0.4) is 0 Å². The molecule has 0 aliphatic carbocycles. The molecule has 0 saturated carbocycles. The van der Waals surface area contributed by atoms with Crippen molar-refractivity contribution in [2.45, 2.75) is 26.9 Å². The second kappa shape index (κ2) is 8.12. The molecule has 1 unspecified atom stereocenters. The van der Waals surface area contributed by atoms with Gasteiger partial charge in [-0.25, -0.2) is 0 Å². The summed E-state index contributed by atoms with van der Waals surface area (Å²) in [5, 5.41) is 3.50. The molecule has 0 saturated heterocycles. The van der Waals surface area contributed by atoms with Gasteiger partial charge in [-0.3, -0.25) is 4.79 Å². The second-order valence-electron chi connectivity index (χ2n) is 5.69. The molecule has 2 rings (SSSR count). The van der Waals surface area contributed by atoms with Gasteiger partial charge in [0.15, 0.2) is 6.10 Å². The smallest absolute Gasteiger partial charge is 0.265 e. The molecule has 134 valence electrons. The van der Waals surface area contributed by atoms with Crippen LogP contribution in [0.15, 0.2) is 30.3 Å². The van der Waals surface area contributed by atoms with Crippen LogP contribution in [0.2, 0.25) is 5.02 Å². The summed E-state index contributed by atoms with van der Waals surface area (Å²) in [7, 11) is 3.10. The van der Waals surface area contributed by atoms with Gasteiger partial charge in [0.1, 0.15) is 17.2 Å². The predicted octanol–water partition coefficient (Wildman–Crippen LogP) is 4.38. The van der Waals surface area contributed by atoms with Gasteiger partial charge in [0.2, 0.25) is 0 Å². The van der Waals surface area contributed by atoms with E-state index in [4.69, 9.17) is 25.8 Å². The molecule has 0 aromatic heterocycles. The van der Waals surface area contributed by atoms with E-state index < -0.39 is 6.10 Å². The molecule has 0 fully saturated rings. The number of hydrogen-bond donors (Lipinski definition) is 1. The number of amides is 1. The van der Waals surface area contributed by atoms with Crippen LogP contribution in [-0.4, -0.2) is 26.2 Å². The minimum absolute atomic E-state index is 0.284. The van der Waals surface area contributed by atoms with Crippen LogP contribution in [0, 0.1) is 13.8 Å². The number of benzene rings is 2. The number of carbonyl (C=O) groups is 1. The Kier molecular flexibility index (Phi) is 6.15. The van der Waals surface area contributed by atoms with Gasteiger partial charge in [0.05, 0.1) is 19.9 Å². The summed E-state index contributed by atoms with van der Waals surface area (Å²) < 4.78 is 16.2. The van der Waals surface area contributed by atoms with E-state index in [0.717, 1.165) is 11.1 Å². The highest BCUT2D eigenvalue weighted by atomic mass is 35.5. The Hall–Kier alpha value is -2.40. The molecule has 25 heavy (non-hydrogen) atoms. The quantitative estimate of drug-likeness (QED) is 0.827.